The van der Waals surface area contributed by atoms with E-state index >= 15 is 0 Å². The minimum absolute atomic E-state index is 0.0687. The normalized spacial score (nSPS) is 14.6. The number of amides is 3. The molecule has 2 aromatic rings. The lowest BCUT2D eigenvalue weighted by atomic mass is 10.1. The lowest BCUT2D eigenvalue weighted by Gasteiger charge is -2.20. The van der Waals surface area contributed by atoms with E-state index < -0.39 is 17.9 Å². The number of carbonyl (C=O) groups excluding carboxylic acids is 3. The van der Waals surface area contributed by atoms with Crippen molar-refractivity contribution in [3.63, 3.8) is 0 Å². The van der Waals surface area contributed by atoms with Crippen molar-refractivity contribution < 1.29 is 18.8 Å². The topological polar surface area (TPSA) is 91.7 Å². The van der Waals surface area contributed by atoms with Gasteiger partial charge in [-0.25, -0.2) is 0 Å². The van der Waals surface area contributed by atoms with Gasteiger partial charge in [-0.3, -0.25) is 14.4 Å². The van der Waals surface area contributed by atoms with Gasteiger partial charge < -0.3 is 20.0 Å². The van der Waals surface area contributed by atoms with Crippen LogP contribution in [0.1, 0.15) is 29.0 Å². The number of rotatable bonds is 7. The first-order valence-electron chi connectivity index (χ1n) is 9.07. The van der Waals surface area contributed by atoms with E-state index in [0.29, 0.717) is 6.42 Å². The highest BCUT2D eigenvalue weighted by atomic mass is 16.3. The fourth-order valence-electron chi connectivity index (χ4n) is 3.06. The Bertz CT molecular complexity index is 768. The van der Waals surface area contributed by atoms with Crippen molar-refractivity contribution in [3.8, 4) is 0 Å². The summed E-state index contributed by atoms with van der Waals surface area (Å²) < 4.78 is 5.09. The van der Waals surface area contributed by atoms with Crippen LogP contribution in [-0.2, 0) is 16.0 Å². The van der Waals surface area contributed by atoms with Crippen LogP contribution in [0, 0.1) is 0 Å². The van der Waals surface area contributed by atoms with E-state index in [0.717, 1.165) is 31.5 Å². The monoisotopic (exact) mass is 369 g/mol. The number of hydrogen-bond donors (Lipinski definition) is 2. The van der Waals surface area contributed by atoms with E-state index in [-0.39, 0.29) is 18.2 Å². The number of nitrogens with one attached hydrogen (secondary N) is 2. The molecule has 142 valence electrons. The summed E-state index contributed by atoms with van der Waals surface area (Å²) in [6.45, 7) is 1.40. The van der Waals surface area contributed by atoms with Crippen molar-refractivity contribution in [2.75, 3.05) is 19.6 Å². The van der Waals surface area contributed by atoms with Crippen molar-refractivity contribution in [3.05, 3.63) is 60.1 Å². The highest BCUT2D eigenvalue weighted by molar-refractivity contribution is 5.96. The molecule has 0 aliphatic carbocycles. The maximum Gasteiger partial charge on any atom is 0.287 e. The van der Waals surface area contributed by atoms with E-state index in [4.69, 9.17) is 4.42 Å². The molecule has 1 fully saturated rings. The van der Waals surface area contributed by atoms with Gasteiger partial charge in [0.2, 0.25) is 11.8 Å². The van der Waals surface area contributed by atoms with Crippen LogP contribution >= 0.6 is 0 Å². The average molecular weight is 369 g/mol. The fraction of sp³-hybridized carbons (Fsp3) is 0.350. The van der Waals surface area contributed by atoms with Gasteiger partial charge in [0, 0.05) is 19.5 Å². The average Bonchev–Trinajstić information content (AvgIpc) is 3.40. The summed E-state index contributed by atoms with van der Waals surface area (Å²) in [5.74, 6) is -0.834. The number of furan rings is 1. The number of likely N-dealkylation sites (tertiary alicyclic amines) is 1. The van der Waals surface area contributed by atoms with Gasteiger partial charge >= 0.3 is 0 Å². The standard InChI is InChI=1S/C20H23N3O4/c24-18(23-10-4-5-11-23)14-21-19(25)16(13-15-7-2-1-3-8-15)22-20(26)17-9-6-12-27-17/h1-3,6-9,12,16H,4-5,10-11,13-14H2,(H,21,25)(H,22,26). The van der Waals surface area contributed by atoms with E-state index in [9.17, 15) is 14.4 Å². The van der Waals surface area contributed by atoms with Crippen LogP contribution in [0.3, 0.4) is 0 Å². The molecule has 1 saturated heterocycles. The second-order valence-electron chi connectivity index (χ2n) is 6.50. The first-order valence-corrected chi connectivity index (χ1v) is 9.07. The fourth-order valence-corrected chi connectivity index (χ4v) is 3.06. The smallest absolute Gasteiger partial charge is 0.287 e. The van der Waals surface area contributed by atoms with Gasteiger partial charge in [-0.2, -0.15) is 0 Å². The van der Waals surface area contributed by atoms with Crippen LogP contribution in [0.4, 0.5) is 0 Å². The zero-order valence-corrected chi connectivity index (χ0v) is 15.0. The third kappa shape index (κ3) is 5.20. The highest BCUT2D eigenvalue weighted by Crippen LogP contribution is 2.08. The molecule has 7 nitrogen and oxygen atoms in total. The second-order valence-corrected chi connectivity index (χ2v) is 6.50. The van der Waals surface area contributed by atoms with Crippen molar-refractivity contribution in [2.45, 2.75) is 25.3 Å². The molecular formula is C20H23N3O4. The number of hydrogen-bond acceptors (Lipinski definition) is 4. The van der Waals surface area contributed by atoms with E-state index in [2.05, 4.69) is 10.6 Å². The predicted octanol–water partition coefficient (Wildman–Crippen LogP) is 1.36. The van der Waals surface area contributed by atoms with Crippen molar-refractivity contribution in [1.82, 2.24) is 15.5 Å². The molecular weight excluding hydrogens is 346 g/mol. The van der Waals surface area contributed by atoms with Crippen LogP contribution < -0.4 is 10.6 Å². The Balaban J connectivity index is 1.63. The largest absolute Gasteiger partial charge is 0.459 e. The summed E-state index contributed by atoms with van der Waals surface area (Å²) in [5.41, 5.74) is 0.906. The molecule has 0 spiro atoms. The summed E-state index contributed by atoms with van der Waals surface area (Å²) in [4.78, 5) is 38.8. The van der Waals surface area contributed by atoms with Crippen LogP contribution in [0.15, 0.2) is 53.1 Å². The third-order valence-corrected chi connectivity index (χ3v) is 4.52. The zero-order valence-electron chi connectivity index (χ0n) is 15.0. The molecule has 0 saturated carbocycles. The quantitative estimate of drug-likeness (QED) is 0.771. The maximum absolute atomic E-state index is 12.6. The molecule has 1 aliphatic heterocycles. The Morgan fingerprint density at radius 1 is 1.04 bits per heavy atom. The Hall–Kier alpha value is -3.09. The Kier molecular flexibility index (Phi) is 6.25. The predicted molar refractivity (Wildman–Crippen MR) is 98.9 cm³/mol. The Morgan fingerprint density at radius 2 is 1.78 bits per heavy atom. The van der Waals surface area contributed by atoms with E-state index in [1.807, 2.05) is 30.3 Å². The van der Waals surface area contributed by atoms with Crippen LogP contribution in [0.2, 0.25) is 0 Å². The molecule has 2 N–H and O–H groups in total. The minimum atomic E-state index is -0.809. The molecule has 2 heterocycles. The lowest BCUT2D eigenvalue weighted by Crippen LogP contribution is -2.50. The van der Waals surface area contributed by atoms with Gasteiger partial charge in [-0.05, 0) is 30.5 Å². The van der Waals surface area contributed by atoms with Crippen molar-refractivity contribution in [1.29, 1.82) is 0 Å². The first kappa shape index (κ1) is 18.7. The molecule has 0 radical (unpaired) electrons. The minimum Gasteiger partial charge on any atom is -0.459 e. The SMILES string of the molecule is O=C(NC(Cc1ccccc1)C(=O)NCC(=O)N1CCCC1)c1ccco1. The summed E-state index contributed by atoms with van der Waals surface area (Å²) in [6.07, 6.45) is 3.71. The summed E-state index contributed by atoms with van der Waals surface area (Å²) >= 11 is 0. The molecule has 1 aromatic heterocycles. The van der Waals surface area contributed by atoms with Crippen molar-refractivity contribution in [2.24, 2.45) is 0 Å². The Morgan fingerprint density at radius 3 is 2.44 bits per heavy atom. The highest BCUT2D eigenvalue weighted by Gasteiger charge is 2.25. The van der Waals surface area contributed by atoms with Crippen LogP contribution in [0.25, 0.3) is 0 Å². The summed E-state index contributed by atoms with van der Waals surface area (Å²) in [6, 6.07) is 11.7. The maximum atomic E-state index is 12.6. The molecule has 3 amide bonds. The van der Waals surface area contributed by atoms with Gasteiger partial charge in [-0.15, -0.1) is 0 Å². The van der Waals surface area contributed by atoms with Crippen LogP contribution in [-0.4, -0.2) is 48.3 Å². The van der Waals surface area contributed by atoms with E-state index in [1.165, 1.54) is 12.3 Å². The molecule has 1 aromatic carbocycles. The number of carbonyl (C=O) groups is 3. The Labute approximate surface area is 157 Å². The lowest BCUT2D eigenvalue weighted by molar-refractivity contribution is -0.132. The van der Waals surface area contributed by atoms with Crippen LogP contribution in [0.5, 0.6) is 0 Å². The number of benzene rings is 1. The molecule has 7 heteroatoms. The van der Waals surface area contributed by atoms with Crippen molar-refractivity contribution >= 4 is 17.7 Å². The van der Waals surface area contributed by atoms with Gasteiger partial charge in [0.15, 0.2) is 5.76 Å². The van der Waals surface area contributed by atoms with Gasteiger partial charge in [0.05, 0.1) is 12.8 Å². The molecule has 27 heavy (non-hydrogen) atoms. The molecule has 0 bridgehead atoms. The summed E-state index contributed by atoms with van der Waals surface area (Å²) in [5, 5.41) is 5.35. The van der Waals surface area contributed by atoms with Gasteiger partial charge in [-0.1, -0.05) is 30.3 Å². The van der Waals surface area contributed by atoms with Gasteiger partial charge in [0.25, 0.3) is 5.91 Å². The van der Waals surface area contributed by atoms with E-state index in [1.54, 1.807) is 11.0 Å². The molecule has 3 rings (SSSR count). The summed E-state index contributed by atoms with van der Waals surface area (Å²) in [7, 11) is 0. The molecule has 1 unspecified atom stereocenters. The number of nitrogens with zero attached hydrogens (tertiary/aromatic N) is 1. The second kappa shape index (κ2) is 9.02. The first-order chi connectivity index (χ1) is 13.1. The zero-order chi connectivity index (χ0) is 19.1. The molecule has 1 aliphatic rings. The molecule has 1 atom stereocenters. The van der Waals surface area contributed by atoms with Gasteiger partial charge in [0.1, 0.15) is 6.04 Å². The third-order valence-electron chi connectivity index (χ3n) is 4.52.